The van der Waals surface area contributed by atoms with E-state index in [0.717, 1.165) is 10.8 Å². The molecule has 0 aliphatic heterocycles. The Balaban J connectivity index is 2.63. The number of fused-ring (bicyclic) bond motifs is 1. The quantitative estimate of drug-likeness (QED) is 0.897. The summed E-state index contributed by atoms with van der Waals surface area (Å²) < 4.78 is 5.65. The number of hydrogen-bond acceptors (Lipinski definition) is 3. The van der Waals surface area contributed by atoms with E-state index in [4.69, 9.17) is 10.00 Å². The molecular weight excluding hydrogens is 226 g/mol. The van der Waals surface area contributed by atoms with Crippen molar-refractivity contribution in [3.63, 3.8) is 0 Å². The Bertz CT molecular complexity index is 599. The monoisotopic (exact) mass is 241 g/mol. The first-order valence-corrected chi connectivity index (χ1v) is 5.89. The molecule has 0 saturated carbocycles. The summed E-state index contributed by atoms with van der Waals surface area (Å²) in [5.74, 6) is 0.595. The Morgan fingerprint density at radius 3 is 2.56 bits per heavy atom. The molecule has 2 rings (SSSR count). The highest BCUT2D eigenvalue weighted by Crippen LogP contribution is 2.34. The van der Waals surface area contributed by atoms with E-state index in [2.05, 4.69) is 0 Å². The van der Waals surface area contributed by atoms with E-state index in [1.165, 1.54) is 0 Å². The molecule has 0 spiro atoms. The van der Waals surface area contributed by atoms with Gasteiger partial charge in [-0.2, -0.15) is 5.26 Å². The number of aliphatic hydroxyl groups is 1. The Morgan fingerprint density at radius 2 is 1.89 bits per heavy atom. The van der Waals surface area contributed by atoms with Gasteiger partial charge in [-0.25, -0.2) is 0 Å². The summed E-state index contributed by atoms with van der Waals surface area (Å²) in [4.78, 5) is 0. The summed E-state index contributed by atoms with van der Waals surface area (Å²) in [6.45, 7) is 3.38. The highest BCUT2D eigenvalue weighted by Gasteiger charge is 2.15. The van der Waals surface area contributed by atoms with E-state index in [0.29, 0.717) is 11.3 Å². The number of rotatable bonds is 3. The smallest absolute Gasteiger partial charge is 0.181 e. The molecule has 0 aliphatic carbocycles. The Hall–Kier alpha value is -2.05. The second-order valence-electron chi connectivity index (χ2n) is 4.27. The molecule has 2 atom stereocenters. The first-order valence-electron chi connectivity index (χ1n) is 5.89. The summed E-state index contributed by atoms with van der Waals surface area (Å²) in [6.07, 6.45) is -1.18. The lowest BCUT2D eigenvalue weighted by Crippen LogP contribution is -2.11. The predicted molar refractivity (Wildman–Crippen MR) is 70.3 cm³/mol. The fourth-order valence-electron chi connectivity index (χ4n) is 1.92. The molecular formula is C15H15NO2. The van der Waals surface area contributed by atoms with E-state index >= 15 is 0 Å². The van der Waals surface area contributed by atoms with Crippen molar-refractivity contribution in [3.8, 4) is 11.8 Å². The van der Waals surface area contributed by atoms with Crippen LogP contribution in [0, 0.1) is 11.3 Å². The van der Waals surface area contributed by atoms with E-state index in [-0.39, 0.29) is 0 Å². The summed E-state index contributed by atoms with van der Waals surface area (Å²) in [6, 6.07) is 13.6. The van der Waals surface area contributed by atoms with Crippen LogP contribution in [-0.4, -0.2) is 11.2 Å². The minimum Gasteiger partial charge on any atom is -0.475 e. The molecule has 0 fully saturated rings. The topological polar surface area (TPSA) is 53.2 Å². The largest absolute Gasteiger partial charge is 0.475 e. The molecule has 3 nitrogen and oxygen atoms in total. The molecule has 1 N–H and O–H groups in total. The van der Waals surface area contributed by atoms with Gasteiger partial charge in [0.2, 0.25) is 0 Å². The van der Waals surface area contributed by atoms with Gasteiger partial charge in [0.05, 0.1) is 6.10 Å². The molecule has 18 heavy (non-hydrogen) atoms. The summed E-state index contributed by atoms with van der Waals surface area (Å²) in [5, 5.41) is 20.6. The van der Waals surface area contributed by atoms with Crippen molar-refractivity contribution < 1.29 is 9.84 Å². The number of benzene rings is 2. The van der Waals surface area contributed by atoms with Gasteiger partial charge in [0, 0.05) is 10.9 Å². The van der Waals surface area contributed by atoms with Crippen molar-refractivity contribution in [2.45, 2.75) is 26.1 Å². The molecule has 92 valence electrons. The highest BCUT2D eigenvalue weighted by molar-refractivity contribution is 5.89. The van der Waals surface area contributed by atoms with Crippen LogP contribution in [0.5, 0.6) is 5.75 Å². The second-order valence-corrected chi connectivity index (χ2v) is 4.27. The van der Waals surface area contributed by atoms with Crippen molar-refractivity contribution in [3.05, 3.63) is 42.0 Å². The van der Waals surface area contributed by atoms with E-state index in [9.17, 15) is 5.11 Å². The Labute approximate surface area is 106 Å². The second kappa shape index (κ2) is 5.07. The van der Waals surface area contributed by atoms with Crippen molar-refractivity contribution >= 4 is 10.8 Å². The first kappa shape index (κ1) is 12.4. The van der Waals surface area contributed by atoms with Crippen molar-refractivity contribution in [1.82, 2.24) is 0 Å². The number of ether oxygens (including phenoxy) is 1. The molecule has 0 radical (unpaired) electrons. The van der Waals surface area contributed by atoms with Crippen LogP contribution >= 0.6 is 0 Å². The van der Waals surface area contributed by atoms with Crippen molar-refractivity contribution in [2.24, 2.45) is 0 Å². The van der Waals surface area contributed by atoms with Crippen molar-refractivity contribution in [2.75, 3.05) is 0 Å². The van der Waals surface area contributed by atoms with Crippen LogP contribution < -0.4 is 4.74 Å². The molecule has 0 saturated heterocycles. The van der Waals surface area contributed by atoms with E-state index < -0.39 is 12.2 Å². The van der Waals surface area contributed by atoms with Crippen LogP contribution in [0.25, 0.3) is 10.8 Å². The lowest BCUT2D eigenvalue weighted by molar-refractivity contribution is 0.188. The van der Waals surface area contributed by atoms with Gasteiger partial charge in [-0.1, -0.05) is 36.4 Å². The molecule has 0 amide bonds. The predicted octanol–water partition coefficient (Wildman–Crippen LogP) is 3.18. The number of hydrogen-bond donors (Lipinski definition) is 1. The van der Waals surface area contributed by atoms with Crippen LogP contribution in [0.2, 0.25) is 0 Å². The molecule has 0 aliphatic rings. The van der Waals surface area contributed by atoms with Gasteiger partial charge in [-0.05, 0) is 19.2 Å². The SMILES string of the molecule is CC(C#N)Oc1c([C@@H](C)O)ccc2ccccc12. The third-order valence-electron chi connectivity index (χ3n) is 2.84. The summed E-state index contributed by atoms with van der Waals surface area (Å²) >= 11 is 0. The third kappa shape index (κ3) is 2.29. The van der Waals surface area contributed by atoms with Crippen LogP contribution in [0.4, 0.5) is 0 Å². The molecule has 0 aromatic heterocycles. The zero-order valence-corrected chi connectivity index (χ0v) is 10.4. The van der Waals surface area contributed by atoms with Gasteiger partial charge in [0.15, 0.2) is 6.10 Å². The molecule has 1 unspecified atom stereocenters. The van der Waals surface area contributed by atoms with Crippen LogP contribution in [0.15, 0.2) is 36.4 Å². The van der Waals surface area contributed by atoms with Gasteiger partial charge in [-0.3, -0.25) is 0 Å². The van der Waals surface area contributed by atoms with Crippen LogP contribution in [-0.2, 0) is 0 Å². The maximum Gasteiger partial charge on any atom is 0.181 e. The van der Waals surface area contributed by atoms with E-state index in [1.54, 1.807) is 13.8 Å². The number of nitriles is 1. The average molecular weight is 241 g/mol. The highest BCUT2D eigenvalue weighted by atomic mass is 16.5. The standard InChI is InChI=1S/C15H15NO2/c1-10(9-16)18-15-13(11(2)17)8-7-12-5-3-4-6-14(12)15/h3-8,10-11,17H,1-2H3/t10?,11-/m1/s1. The molecule has 0 heterocycles. The maximum absolute atomic E-state index is 9.79. The minimum atomic E-state index is -0.629. The summed E-state index contributed by atoms with van der Waals surface area (Å²) in [7, 11) is 0. The lowest BCUT2D eigenvalue weighted by Gasteiger charge is -2.17. The Kier molecular flexibility index (Phi) is 3.50. The number of nitrogens with zero attached hydrogens (tertiary/aromatic N) is 1. The Morgan fingerprint density at radius 1 is 1.17 bits per heavy atom. The van der Waals surface area contributed by atoms with Crippen LogP contribution in [0.3, 0.4) is 0 Å². The van der Waals surface area contributed by atoms with Gasteiger partial charge in [0.1, 0.15) is 11.8 Å². The molecule has 2 aromatic rings. The van der Waals surface area contributed by atoms with Gasteiger partial charge < -0.3 is 9.84 Å². The molecule has 0 bridgehead atoms. The zero-order valence-electron chi connectivity index (χ0n) is 10.4. The normalized spacial score (nSPS) is 13.9. The number of aliphatic hydroxyl groups excluding tert-OH is 1. The first-order chi connectivity index (χ1) is 8.63. The third-order valence-corrected chi connectivity index (χ3v) is 2.84. The van der Waals surface area contributed by atoms with Crippen LogP contribution in [0.1, 0.15) is 25.5 Å². The maximum atomic E-state index is 9.79. The molecule has 2 aromatic carbocycles. The minimum absolute atomic E-state index is 0.548. The molecule has 3 heteroatoms. The van der Waals surface area contributed by atoms with Gasteiger partial charge in [-0.15, -0.1) is 0 Å². The average Bonchev–Trinajstić information content (AvgIpc) is 2.38. The fraction of sp³-hybridized carbons (Fsp3) is 0.267. The fourth-order valence-corrected chi connectivity index (χ4v) is 1.92. The van der Waals surface area contributed by atoms with Gasteiger partial charge in [0.25, 0.3) is 0 Å². The summed E-state index contributed by atoms with van der Waals surface area (Å²) in [5.41, 5.74) is 0.704. The van der Waals surface area contributed by atoms with Crippen molar-refractivity contribution in [1.29, 1.82) is 5.26 Å². The van der Waals surface area contributed by atoms with E-state index in [1.807, 2.05) is 42.5 Å². The van der Waals surface area contributed by atoms with Gasteiger partial charge >= 0.3 is 0 Å². The lowest BCUT2D eigenvalue weighted by atomic mass is 10.0. The zero-order chi connectivity index (χ0) is 13.1.